The second-order valence-electron chi connectivity index (χ2n) is 4.48. The van der Waals surface area contributed by atoms with E-state index in [1.54, 1.807) is 6.92 Å². The second kappa shape index (κ2) is 7.19. The van der Waals surface area contributed by atoms with E-state index in [1.165, 1.54) is 31.4 Å². The third-order valence-corrected chi connectivity index (χ3v) is 4.27. The first kappa shape index (κ1) is 17.1. The molecule has 21 heavy (non-hydrogen) atoms. The molecular weight excluding hydrogens is 298 g/mol. The number of sulfone groups is 1. The monoisotopic (exact) mass is 315 g/mol. The Morgan fingerprint density at radius 1 is 1.33 bits per heavy atom. The zero-order valence-corrected chi connectivity index (χ0v) is 12.5. The summed E-state index contributed by atoms with van der Waals surface area (Å²) in [6.07, 6.45) is 0. The number of rotatable bonds is 7. The fourth-order valence-electron chi connectivity index (χ4n) is 1.77. The number of aromatic carboxylic acids is 1. The Morgan fingerprint density at radius 3 is 2.52 bits per heavy atom. The summed E-state index contributed by atoms with van der Waals surface area (Å²) in [6.45, 7) is 1.91. The van der Waals surface area contributed by atoms with Crippen molar-refractivity contribution in [3.63, 3.8) is 0 Å². The minimum absolute atomic E-state index is 0.248. The van der Waals surface area contributed by atoms with Gasteiger partial charge in [0.15, 0.2) is 9.84 Å². The van der Waals surface area contributed by atoms with Gasteiger partial charge in [0.05, 0.1) is 17.1 Å². The van der Waals surface area contributed by atoms with Crippen LogP contribution in [0.4, 0.5) is 0 Å². The van der Waals surface area contributed by atoms with Crippen molar-refractivity contribution in [3.05, 3.63) is 29.8 Å². The number of carbonyl (C=O) groups excluding carboxylic acids is 1. The Kier molecular flexibility index (Phi) is 5.86. The van der Waals surface area contributed by atoms with E-state index in [-0.39, 0.29) is 23.1 Å². The maximum Gasteiger partial charge on any atom is 0.337 e. The molecule has 7 nitrogen and oxygen atoms in total. The van der Waals surface area contributed by atoms with Crippen molar-refractivity contribution in [1.82, 2.24) is 5.32 Å². The second-order valence-corrected chi connectivity index (χ2v) is 6.44. The number of hydrogen-bond donors (Lipinski definition) is 2. The van der Waals surface area contributed by atoms with Crippen LogP contribution < -0.4 is 5.32 Å². The zero-order valence-electron chi connectivity index (χ0n) is 11.7. The van der Waals surface area contributed by atoms with Gasteiger partial charge in [0.25, 0.3) is 0 Å². The topological polar surface area (TPSA) is 110 Å². The molecule has 8 heteroatoms. The molecule has 0 aromatic heterocycles. The predicted octanol–water partition coefficient (Wildman–Crippen LogP) is 0.310. The first-order chi connectivity index (χ1) is 9.77. The quantitative estimate of drug-likeness (QED) is 0.749. The standard InChI is InChI=1S/C13H17NO6S/c1-9(7-20-2)14-12(15)8-21(18,19)11-6-4-3-5-10(11)13(16)17/h3-6,9H,7-8H2,1-2H3,(H,14,15)(H,16,17). The number of carboxylic acids is 1. The van der Waals surface area contributed by atoms with E-state index < -0.39 is 27.5 Å². The van der Waals surface area contributed by atoms with Crippen molar-refractivity contribution in [2.75, 3.05) is 19.5 Å². The minimum atomic E-state index is -4.03. The van der Waals surface area contributed by atoms with Crippen LogP contribution in [0, 0.1) is 0 Å². The number of carboxylic acid groups (broad SMARTS) is 1. The van der Waals surface area contributed by atoms with Crippen LogP contribution in [0.15, 0.2) is 29.2 Å². The van der Waals surface area contributed by atoms with Gasteiger partial charge in [-0.05, 0) is 19.1 Å². The van der Waals surface area contributed by atoms with E-state index in [0.717, 1.165) is 0 Å². The minimum Gasteiger partial charge on any atom is -0.478 e. The molecule has 2 N–H and O–H groups in total. The lowest BCUT2D eigenvalue weighted by Gasteiger charge is -2.13. The van der Waals surface area contributed by atoms with E-state index in [2.05, 4.69) is 5.32 Å². The van der Waals surface area contributed by atoms with Crippen LogP contribution in [0.3, 0.4) is 0 Å². The van der Waals surface area contributed by atoms with Gasteiger partial charge >= 0.3 is 5.97 Å². The summed E-state index contributed by atoms with van der Waals surface area (Å²) in [5.74, 6) is -2.88. The van der Waals surface area contributed by atoms with E-state index in [1.807, 2.05) is 0 Å². The van der Waals surface area contributed by atoms with Crippen LogP contribution in [0.5, 0.6) is 0 Å². The van der Waals surface area contributed by atoms with Gasteiger partial charge < -0.3 is 15.2 Å². The molecule has 0 aliphatic rings. The molecule has 0 bridgehead atoms. The molecule has 0 fully saturated rings. The fourth-order valence-corrected chi connectivity index (χ4v) is 3.13. The molecule has 0 aliphatic carbocycles. The number of carbonyl (C=O) groups is 2. The largest absolute Gasteiger partial charge is 0.478 e. The van der Waals surface area contributed by atoms with Gasteiger partial charge in [0.1, 0.15) is 5.75 Å². The van der Waals surface area contributed by atoms with E-state index >= 15 is 0 Å². The number of methoxy groups -OCH3 is 1. The van der Waals surface area contributed by atoms with Crippen LogP contribution in [0.25, 0.3) is 0 Å². The van der Waals surface area contributed by atoms with E-state index in [4.69, 9.17) is 9.84 Å². The molecule has 0 saturated heterocycles. The zero-order chi connectivity index (χ0) is 16.0. The number of ether oxygens (including phenoxy) is 1. The van der Waals surface area contributed by atoms with E-state index in [0.29, 0.717) is 0 Å². The Bertz CT molecular complexity index is 625. The molecule has 116 valence electrons. The molecule has 0 radical (unpaired) electrons. The maximum atomic E-state index is 12.2. The molecule has 0 spiro atoms. The highest BCUT2D eigenvalue weighted by atomic mass is 32.2. The molecule has 0 saturated carbocycles. The SMILES string of the molecule is COCC(C)NC(=O)CS(=O)(=O)c1ccccc1C(=O)O. The van der Waals surface area contributed by atoms with Crippen molar-refractivity contribution in [2.45, 2.75) is 17.9 Å². The van der Waals surface area contributed by atoms with Crippen LogP contribution in [-0.4, -0.2) is 50.9 Å². The third kappa shape index (κ3) is 4.83. The molecule has 0 heterocycles. The summed E-state index contributed by atoms with van der Waals surface area (Å²) in [5, 5.41) is 11.5. The molecule has 1 atom stereocenters. The summed E-state index contributed by atoms with van der Waals surface area (Å²) in [4.78, 5) is 22.4. The highest BCUT2D eigenvalue weighted by molar-refractivity contribution is 7.92. The van der Waals surface area contributed by atoms with Crippen molar-refractivity contribution in [2.24, 2.45) is 0 Å². The summed E-state index contributed by atoms with van der Waals surface area (Å²) in [7, 11) is -2.57. The van der Waals surface area contributed by atoms with Gasteiger partial charge in [-0.15, -0.1) is 0 Å². The molecule has 1 aromatic rings. The normalized spacial score (nSPS) is 12.7. The van der Waals surface area contributed by atoms with Crippen molar-refractivity contribution in [1.29, 1.82) is 0 Å². The van der Waals surface area contributed by atoms with Gasteiger partial charge in [-0.25, -0.2) is 13.2 Å². The summed E-state index contributed by atoms with van der Waals surface area (Å²) in [5.41, 5.74) is -0.352. The Balaban J connectivity index is 2.92. The lowest BCUT2D eigenvalue weighted by atomic mass is 10.2. The highest BCUT2D eigenvalue weighted by Crippen LogP contribution is 2.17. The van der Waals surface area contributed by atoms with Crippen LogP contribution in [0.1, 0.15) is 17.3 Å². The Hall–Kier alpha value is -1.93. The van der Waals surface area contributed by atoms with Crippen LogP contribution in [-0.2, 0) is 19.4 Å². The van der Waals surface area contributed by atoms with Crippen molar-refractivity contribution >= 4 is 21.7 Å². The number of benzene rings is 1. The van der Waals surface area contributed by atoms with Crippen LogP contribution >= 0.6 is 0 Å². The van der Waals surface area contributed by atoms with Gasteiger partial charge in [0, 0.05) is 13.2 Å². The smallest absolute Gasteiger partial charge is 0.337 e. The maximum absolute atomic E-state index is 12.2. The first-order valence-corrected chi connectivity index (χ1v) is 7.76. The summed E-state index contributed by atoms with van der Waals surface area (Å²) < 4.78 is 29.1. The molecule has 1 rings (SSSR count). The first-order valence-electron chi connectivity index (χ1n) is 6.11. The molecular formula is C13H17NO6S. The fraction of sp³-hybridized carbons (Fsp3) is 0.385. The predicted molar refractivity (Wildman–Crippen MR) is 74.9 cm³/mol. The van der Waals surface area contributed by atoms with Crippen LogP contribution in [0.2, 0.25) is 0 Å². The van der Waals surface area contributed by atoms with Gasteiger partial charge in [-0.1, -0.05) is 12.1 Å². The van der Waals surface area contributed by atoms with Gasteiger partial charge in [0.2, 0.25) is 5.91 Å². The lowest BCUT2D eigenvalue weighted by Crippen LogP contribution is -2.39. The number of hydrogen-bond acceptors (Lipinski definition) is 5. The molecule has 1 aromatic carbocycles. The number of amides is 1. The number of nitrogens with one attached hydrogen (secondary N) is 1. The Labute approximate surface area is 122 Å². The average molecular weight is 315 g/mol. The summed E-state index contributed by atoms with van der Waals surface area (Å²) >= 11 is 0. The lowest BCUT2D eigenvalue weighted by molar-refractivity contribution is -0.119. The highest BCUT2D eigenvalue weighted by Gasteiger charge is 2.25. The molecule has 0 aliphatic heterocycles. The van der Waals surface area contributed by atoms with Gasteiger partial charge in [-0.3, -0.25) is 4.79 Å². The molecule has 1 amide bonds. The van der Waals surface area contributed by atoms with Gasteiger partial charge in [-0.2, -0.15) is 0 Å². The molecule has 1 unspecified atom stereocenters. The third-order valence-electron chi connectivity index (χ3n) is 2.60. The Morgan fingerprint density at radius 2 is 1.95 bits per heavy atom. The van der Waals surface area contributed by atoms with Crippen molar-refractivity contribution < 1.29 is 27.9 Å². The van der Waals surface area contributed by atoms with Crippen molar-refractivity contribution in [3.8, 4) is 0 Å². The summed E-state index contributed by atoms with van der Waals surface area (Å²) in [6, 6.07) is 4.84. The van der Waals surface area contributed by atoms with E-state index in [9.17, 15) is 18.0 Å². The average Bonchev–Trinajstić information content (AvgIpc) is 2.38.